The third kappa shape index (κ3) is 5.34. The molecule has 1 unspecified atom stereocenters. The van der Waals surface area contributed by atoms with E-state index in [2.05, 4.69) is 77.7 Å². The van der Waals surface area contributed by atoms with Crippen molar-refractivity contribution in [3.05, 3.63) is 112 Å². The molecule has 1 atom stereocenters. The summed E-state index contributed by atoms with van der Waals surface area (Å²) in [4.78, 5) is 20.0. The van der Waals surface area contributed by atoms with Crippen LogP contribution in [0.15, 0.2) is 84.9 Å². The zero-order valence-corrected chi connectivity index (χ0v) is 22.6. The minimum atomic E-state index is 0.0919. The first-order valence-electron chi connectivity index (χ1n) is 13.1. The van der Waals surface area contributed by atoms with Gasteiger partial charge in [0.15, 0.2) is 0 Å². The first-order valence-corrected chi connectivity index (χ1v) is 13.9. The lowest BCUT2D eigenvalue weighted by Gasteiger charge is -2.37. The molecule has 0 N–H and O–H groups in total. The predicted molar refractivity (Wildman–Crippen MR) is 152 cm³/mol. The third-order valence-corrected chi connectivity index (χ3v) is 8.40. The number of benzene rings is 3. The van der Waals surface area contributed by atoms with Gasteiger partial charge >= 0.3 is 0 Å². The number of carbonyl (C=O) groups excluding carboxylic acids is 1. The molecule has 1 aliphatic heterocycles. The Labute approximate surface area is 224 Å². The number of nitrogens with zero attached hydrogens (tertiary/aromatic N) is 2. The second-order valence-electron chi connectivity index (χ2n) is 9.42. The molecule has 4 aromatic rings. The van der Waals surface area contributed by atoms with Gasteiger partial charge in [-0.3, -0.25) is 9.69 Å². The lowest BCUT2D eigenvalue weighted by Crippen LogP contribution is -2.35. The van der Waals surface area contributed by atoms with E-state index in [0.29, 0.717) is 13.1 Å². The summed E-state index contributed by atoms with van der Waals surface area (Å²) >= 11 is 1.87. The molecule has 1 aromatic heterocycles. The molecule has 0 saturated heterocycles. The van der Waals surface area contributed by atoms with Gasteiger partial charge in [-0.05, 0) is 78.9 Å². The predicted octanol–water partition coefficient (Wildman–Crippen LogP) is 7.05. The van der Waals surface area contributed by atoms with Gasteiger partial charge in [0.05, 0.1) is 13.2 Å². The van der Waals surface area contributed by atoms with Crippen molar-refractivity contribution < 1.29 is 9.53 Å². The van der Waals surface area contributed by atoms with Gasteiger partial charge in [0.1, 0.15) is 5.75 Å². The SMILES string of the molecule is CCN(CC)C(=O)c1ccc(C2c3ccc(OC)cc3CCN2Cc2ccc(-c3ccccc3)s2)cc1. The van der Waals surface area contributed by atoms with Crippen molar-refractivity contribution in [3.63, 3.8) is 0 Å². The summed E-state index contributed by atoms with van der Waals surface area (Å²) in [7, 11) is 1.72. The van der Waals surface area contributed by atoms with Crippen LogP contribution in [0, 0.1) is 0 Å². The Morgan fingerprint density at radius 2 is 1.73 bits per heavy atom. The first-order chi connectivity index (χ1) is 18.1. The van der Waals surface area contributed by atoms with E-state index in [1.165, 1.54) is 32.0 Å². The van der Waals surface area contributed by atoms with Crippen molar-refractivity contribution in [2.75, 3.05) is 26.7 Å². The van der Waals surface area contributed by atoms with Crippen molar-refractivity contribution >= 4 is 17.2 Å². The summed E-state index contributed by atoms with van der Waals surface area (Å²) < 4.78 is 5.52. The molecule has 5 rings (SSSR count). The number of methoxy groups -OCH3 is 1. The highest BCUT2D eigenvalue weighted by atomic mass is 32.1. The average Bonchev–Trinajstić information content (AvgIpc) is 3.42. The van der Waals surface area contributed by atoms with E-state index in [4.69, 9.17) is 4.74 Å². The maximum Gasteiger partial charge on any atom is 0.253 e. The van der Waals surface area contributed by atoms with E-state index in [-0.39, 0.29) is 11.9 Å². The van der Waals surface area contributed by atoms with Crippen LogP contribution in [0.2, 0.25) is 0 Å². The van der Waals surface area contributed by atoms with E-state index in [0.717, 1.165) is 30.8 Å². The Balaban J connectivity index is 1.46. The Morgan fingerprint density at radius 1 is 0.973 bits per heavy atom. The van der Waals surface area contributed by atoms with Crippen molar-refractivity contribution in [1.82, 2.24) is 9.80 Å². The van der Waals surface area contributed by atoms with Gasteiger partial charge in [0, 0.05) is 41.5 Å². The standard InChI is InChI=1S/C32H34N2O2S/c1-4-33(5-2)32(35)25-13-11-24(12-14-25)31-29-17-15-27(36-3)21-26(29)19-20-34(31)22-28-16-18-30(37-28)23-9-7-6-8-10-23/h6-18,21,31H,4-5,19-20,22H2,1-3H3. The second kappa shape index (κ2) is 11.3. The number of fused-ring (bicyclic) bond motifs is 1. The molecule has 0 radical (unpaired) electrons. The third-order valence-electron chi connectivity index (χ3n) is 7.28. The van der Waals surface area contributed by atoms with E-state index in [1.54, 1.807) is 7.11 Å². The Kier molecular flexibility index (Phi) is 7.73. The lowest BCUT2D eigenvalue weighted by atomic mass is 9.87. The minimum absolute atomic E-state index is 0.0919. The number of hydrogen-bond donors (Lipinski definition) is 0. The van der Waals surface area contributed by atoms with E-state index in [9.17, 15) is 4.79 Å². The Morgan fingerprint density at radius 3 is 2.43 bits per heavy atom. The molecular formula is C32H34N2O2S. The summed E-state index contributed by atoms with van der Waals surface area (Å²) in [5.74, 6) is 0.992. The molecular weight excluding hydrogens is 476 g/mol. The van der Waals surface area contributed by atoms with Crippen molar-refractivity contribution in [1.29, 1.82) is 0 Å². The van der Waals surface area contributed by atoms with Gasteiger partial charge < -0.3 is 9.64 Å². The van der Waals surface area contributed by atoms with Crippen LogP contribution in [0.4, 0.5) is 0 Å². The van der Waals surface area contributed by atoms with Crippen LogP contribution in [0.3, 0.4) is 0 Å². The second-order valence-corrected chi connectivity index (χ2v) is 10.6. The zero-order chi connectivity index (χ0) is 25.8. The smallest absolute Gasteiger partial charge is 0.253 e. The summed E-state index contributed by atoms with van der Waals surface area (Å²) in [5, 5.41) is 0. The molecule has 0 saturated carbocycles. The fourth-order valence-electron chi connectivity index (χ4n) is 5.26. The van der Waals surface area contributed by atoms with Crippen LogP contribution in [-0.4, -0.2) is 42.5 Å². The number of rotatable bonds is 8. The minimum Gasteiger partial charge on any atom is -0.497 e. The first kappa shape index (κ1) is 25.2. The molecule has 5 heteroatoms. The molecule has 0 spiro atoms. The monoisotopic (exact) mass is 510 g/mol. The Bertz CT molecular complexity index is 1340. The topological polar surface area (TPSA) is 32.8 Å². The maximum absolute atomic E-state index is 12.9. The van der Waals surface area contributed by atoms with Gasteiger partial charge in [-0.2, -0.15) is 0 Å². The molecule has 2 heterocycles. The molecule has 1 aliphatic rings. The van der Waals surface area contributed by atoms with Crippen molar-refractivity contribution in [3.8, 4) is 16.2 Å². The maximum atomic E-state index is 12.9. The average molecular weight is 511 g/mol. The van der Waals surface area contributed by atoms with Gasteiger partial charge in [0.25, 0.3) is 5.91 Å². The normalized spacial score (nSPS) is 15.3. The van der Waals surface area contributed by atoms with Gasteiger partial charge in [-0.15, -0.1) is 11.3 Å². The number of carbonyl (C=O) groups is 1. The molecule has 0 bridgehead atoms. The van der Waals surface area contributed by atoms with Crippen LogP contribution in [-0.2, 0) is 13.0 Å². The molecule has 4 nitrogen and oxygen atoms in total. The number of amides is 1. The Hall–Kier alpha value is -3.41. The van der Waals surface area contributed by atoms with Crippen LogP contribution in [0.1, 0.15) is 51.8 Å². The highest BCUT2D eigenvalue weighted by Crippen LogP contribution is 2.39. The number of thiophene rings is 1. The molecule has 0 fully saturated rings. The van der Waals surface area contributed by atoms with Crippen LogP contribution in [0.5, 0.6) is 5.75 Å². The number of ether oxygens (including phenoxy) is 1. The highest BCUT2D eigenvalue weighted by molar-refractivity contribution is 7.15. The van der Waals surface area contributed by atoms with Gasteiger partial charge in [-0.1, -0.05) is 48.5 Å². The zero-order valence-electron chi connectivity index (χ0n) is 21.8. The highest BCUT2D eigenvalue weighted by Gasteiger charge is 2.30. The fraction of sp³-hybridized carbons (Fsp3) is 0.281. The molecule has 37 heavy (non-hydrogen) atoms. The largest absolute Gasteiger partial charge is 0.497 e. The molecule has 190 valence electrons. The quantitative estimate of drug-likeness (QED) is 0.255. The molecule has 1 amide bonds. The van der Waals surface area contributed by atoms with E-state index < -0.39 is 0 Å². The van der Waals surface area contributed by atoms with Crippen molar-refractivity contribution in [2.24, 2.45) is 0 Å². The summed E-state index contributed by atoms with van der Waals surface area (Å²) in [5.41, 5.74) is 5.87. The van der Waals surface area contributed by atoms with Gasteiger partial charge in [0.2, 0.25) is 0 Å². The summed E-state index contributed by atoms with van der Waals surface area (Å²) in [6, 6.07) is 29.9. The van der Waals surface area contributed by atoms with Crippen LogP contribution in [0.25, 0.3) is 10.4 Å². The lowest BCUT2D eigenvalue weighted by molar-refractivity contribution is 0.0773. The molecule has 0 aliphatic carbocycles. The summed E-state index contributed by atoms with van der Waals surface area (Å²) in [6.07, 6.45) is 0.985. The fourth-order valence-corrected chi connectivity index (χ4v) is 6.30. The number of hydrogen-bond acceptors (Lipinski definition) is 4. The molecule has 3 aromatic carbocycles. The van der Waals surface area contributed by atoms with Crippen LogP contribution < -0.4 is 4.74 Å². The van der Waals surface area contributed by atoms with E-state index in [1.807, 2.05) is 42.2 Å². The van der Waals surface area contributed by atoms with E-state index >= 15 is 0 Å². The van der Waals surface area contributed by atoms with Crippen LogP contribution >= 0.6 is 11.3 Å². The van der Waals surface area contributed by atoms with Crippen molar-refractivity contribution in [2.45, 2.75) is 32.9 Å². The summed E-state index contributed by atoms with van der Waals surface area (Å²) in [6.45, 7) is 7.32. The van der Waals surface area contributed by atoms with Gasteiger partial charge in [-0.25, -0.2) is 0 Å².